The molecule has 31 heavy (non-hydrogen) atoms. The first-order valence-corrected chi connectivity index (χ1v) is 11.3. The van der Waals surface area contributed by atoms with Gasteiger partial charge in [-0.2, -0.15) is 0 Å². The molecule has 0 unspecified atom stereocenters. The molecule has 1 aromatic carbocycles. The van der Waals surface area contributed by atoms with Crippen molar-refractivity contribution in [1.82, 2.24) is 24.6 Å². The lowest BCUT2D eigenvalue weighted by Gasteiger charge is -2.27. The molecule has 0 atom stereocenters. The van der Waals surface area contributed by atoms with Crippen molar-refractivity contribution in [1.29, 1.82) is 0 Å². The van der Waals surface area contributed by atoms with Crippen molar-refractivity contribution >= 4 is 46.0 Å². The Bertz CT molecular complexity index is 1250. The van der Waals surface area contributed by atoms with Gasteiger partial charge in [0.1, 0.15) is 0 Å². The van der Waals surface area contributed by atoms with Crippen LogP contribution in [0.3, 0.4) is 0 Å². The van der Waals surface area contributed by atoms with Crippen LogP contribution < -0.4 is 10.6 Å². The van der Waals surface area contributed by atoms with E-state index in [1.165, 1.54) is 0 Å². The normalized spacial score (nSPS) is 14.2. The third kappa shape index (κ3) is 3.89. The number of benzene rings is 1. The molecule has 0 saturated carbocycles. The fraction of sp³-hybridized carbons (Fsp3) is 0.227. The highest BCUT2D eigenvalue weighted by Crippen LogP contribution is 2.30. The predicted molar refractivity (Wildman–Crippen MR) is 125 cm³/mol. The van der Waals surface area contributed by atoms with Gasteiger partial charge in [-0.3, -0.25) is 9.20 Å². The summed E-state index contributed by atoms with van der Waals surface area (Å²) in [4.78, 5) is 25.0. The molecule has 5 rings (SSSR count). The van der Waals surface area contributed by atoms with Crippen LogP contribution in [0.4, 0.5) is 11.5 Å². The molecule has 0 bridgehead atoms. The summed E-state index contributed by atoms with van der Waals surface area (Å²) in [5, 5.41) is 9.04. The molecule has 1 saturated heterocycles. The Kier molecular flexibility index (Phi) is 5.35. The average Bonchev–Trinajstić information content (AvgIpc) is 3.44. The average molecular weight is 453 g/mol. The standard InChI is InChI=1S/C22H21ClN6OS/c1-14-13-29-18(19-3-2-10-31-19)12-25-21(29)20(26-14)27-15-4-5-16(17(23)11-15)22(30)28-8-6-24-7-9-28/h2-5,10-13,24H,6-9H2,1H3,(H,26,27). The maximum absolute atomic E-state index is 12.8. The molecule has 1 aliphatic rings. The van der Waals surface area contributed by atoms with Gasteiger partial charge < -0.3 is 15.5 Å². The first-order chi connectivity index (χ1) is 15.1. The summed E-state index contributed by atoms with van der Waals surface area (Å²) in [7, 11) is 0. The zero-order valence-electron chi connectivity index (χ0n) is 16.9. The van der Waals surface area contributed by atoms with E-state index in [0.717, 1.165) is 40.7 Å². The number of amides is 1. The van der Waals surface area contributed by atoms with E-state index >= 15 is 0 Å². The van der Waals surface area contributed by atoms with Crippen LogP contribution >= 0.6 is 22.9 Å². The first kappa shape index (κ1) is 20.0. The van der Waals surface area contributed by atoms with E-state index < -0.39 is 0 Å². The Morgan fingerprint density at radius 3 is 2.84 bits per heavy atom. The van der Waals surface area contributed by atoms with Crippen LogP contribution in [-0.4, -0.2) is 51.4 Å². The summed E-state index contributed by atoms with van der Waals surface area (Å²) in [5.41, 5.74) is 3.88. The highest BCUT2D eigenvalue weighted by Gasteiger charge is 2.20. The summed E-state index contributed by atoms with van der Waals surface area (Å²) in [6.07, 6.45) is 3.83. The number of aromatic nitrogens is 3. The van der Waals surface area contributed by atoms with Crippen molar-refractivity contribution in [2.45, 2.75) is 6.92 Å². The number of carbonyl (C=O) groups excluding carboxylic acids is 1. The van der Waals surface area contributed by atoms with Gasteiger partial charge in [0.2, 0.25) is 0 Å². The van der Waals surface area contributed by atoms with E-state index in [2.05, 4.69) is 26.7 Å². The number of nitrogens with one attached hydrogen (secondary N) is 2. The topological polar surface area (TPSA) is 74.6 Å². The minimum absolute atomic E-state index is 0.0389. The van der Waals surface area contributed by atoms with Gasteiger partial charge in [-0.25, -0.2) is 9.97 Å². The van der Waals surface area contributed by atoms with Gasteiger partial charge in [0.05, 0.1) is 33.0 Å². The van der Waals surface area contributed by atoms with E-state index in [0.29, 0.717) is 29.5 Å². The Labute approximate surface area is 188 Å². The van der Waals surface area contributed by atoms with E-state index in [1.807, 2.05) is 46.1 Å². The van der Waals surface area contributed by atoms with E-state index in [4.69, 9.17) is 11.6 Å². The van der Waals surface area contributed by atoms with Gasteiger partial charge >= 0.3 is 0 Å². The van der Waals surface area contributed by atoms with Crippen LogP contribution in [0.2, 0.25) is 5.02 Å². The molecule has 0 spiro atoms. The van der Waals surface area contributed by atoms with Crippen molar-refractivity contribution in [3.8, 4) is 10.6 Å². The summed E-state index contributed by atoms with van der Waals surface area (Å²) in [6, 6.07) is 9.49. The number of imidazole rings is 1. The number of nitrogens with zero attached hydrogens (tertiary/aromatic N) is 4. The fourth-order valence-corrected chi connectivity index (χ4v) is 4.73. The number of carbonyl (C=O) groups is 1. The molecule has 1 amide bonds. The molecule has 4 aromatic rings. The monoisotopic (exact) mass is 452 g/mol. The third-order valence-corrected chi connectivity index (χ3v) is 6.46. The number of aryl methyl sites for hydroxylation is 1. The number of hydrogen-bond acceptors (Lipinski definition) is 6. The number of thiophene rings is 1. The van der Waals surface area contributed by atoms with Crippen LogP contribution in [-0.2, 0) is 0 Å². The van der Waals surface area contributed by atoms with Crippen LogP contribution in [0.15, 0.2) is 48.1 Å². The Balaban J connectivity index is 1.45. The molecule has 9 heteroatoms. The van der Waals surface area contributed by atoms with Gasteiger partial charge in [0, 0.05) is 38.1 Å². The fourth-order valence-electron chi connectivity index (χ4n) is 3.74. The Morgan fingerprint density at radius 2 is 2.10 bits per heavy atom. The molecule has 4 heterocycles. The van der Waals surface area contributed by atoms with Gasteiger partial charge in [-0.15, -0.1) is 11.3 Å². The lowest BCUT2D eigenvalue weighted by molar-refractivity contribution is 0.0736. The molecule has 1 fully saturated rings. The lowest BCUT2D eigenvalue weighted by atomic mass is 10.1. The second-order valence-corrected chi connectivity index (χ2v) is 8.76. The molecule has 3 aromatic heterocycles. The number of hydrogen-bond donors (Lipinski definition) is 2. The van der Waals surface area contributed by atoms with Crippen molar-refractivity contribution < 1.29 is 4.79 Å². The molecule has 1 aliphatic heterocycles. The second kappa shape index (κ2) is 8.30. The van der Waals surface area contributed by atoms with E-state index in [1.54, 1.807) is 23.5 Å². The number of halogens is 1. The van der Waals surface area contributed by atoms with Gasteiger partial charge in [-0.1, -0.05) is 17.7 Å². The summed E-state index contributed by atoms with van der Waals surface area (Å²) in [6.45, 7) is 4.93. The highest BCUT2D eigenvalue weighted by molar-refractivity contribution is 7.13. The number of anilines is 2. The van der Waals surface area contributed by atoms with Crippen molar-refractivity contribution in [2.75, 3.05) is 31.5 Å². The zero-order valence-corrected chi connectivity index (χ0v) is 18.5. The summed E-state index contributed by atoms with van der Waals surface area (Å²) < 4.78 is 2.04. The summed E-state index contributed by atoms with van der Waals surface area (Å²) >= 11 is 8.16. The molecular weight excluding hydrogens is 432 g/mol. The first-order valence-electron chi connectivity index (χ1n) is 10.1. The van der Waals surface area contributed by atoms with Crippen LogP contribution in [0.25, 0.3) is 16.2 Å². The van der Waals surface area contributed by atoms with Crippen molar-refractivity contribution in [3.05, 3.63) is 64.4 Å². The number of rotatable bonds is 4. The highest BCUT2D eigenvalue weighted by atomic mass is 35.5. The molecule has 2 N–H and O–H groups in total. The van der Waals surface area contributed by atoms with Crippen molar-refractivity contribution in [2.24, 2.45) is 0 Å². The smallest absolute Gasteiger partial charge is 0.255 e. The Morgan fingerprint density at radius 1 is 1.26 bits per heavy atom. The minimum atomic E-state index is -0.0389. The van der Waals surface area contributed by atoms with Crippen LogP contribution in [0, 0.1) is 6.92 Å². The molecule has 7 nitrogen and oxygen atoms in total. The zero-order chi connectivity index (χ0) is 21.4. The van der Waals surface area contributed by atoms with Gasteiger partial charge in [0.25, 0.3) is 5.91 Å². The lowest BCUT2D eigenvalue weighted by Crippen LogP contribution is -2.46. The van der Waals surface area contributed by atoms with Crippen LogP contribution in [0.5, 0.6) is 0 Å². The maximum atomic E-state index is 12.8. The molecule has 158 valence electrons. The number of fused-ring (bicyclic) bond motifs is 1. The number of piperazine rings is 1. The largest absolute Gasteiger partial charge is 0.337 e. The van der Waals surface area contributed by atoms with Crippen molar-refractivity contribution in [3.63, 3.8) is 0 Å². The molecule has 0 aliphatic carbocycles. The third-order valence-electron chi connectivity index (χ3n) is 5.25. The van der Waals surface area contributed by atoms with Gasteiger partial charge in [0.15, 0.2) is 11.5 Å². The quantitative estimate of drug-likeness (QED) is 0.485. The van der Waals surface area contributed by atoms with Crippen LogP contribution in [0.1, 0.15) is 16.1 Å². The van der Waals surface area contributed by atoms with E-state index in [-0.39, 0.29) is 5.91 Å². The van der Waals surface area contributed by atoms with Gasteiger partial charge in [-0.05, 0) is 36.6 Å². The Hall–Kier alpha value is -2.94. The summed E-state index contributed by atoms with van der Waals surface area (Å²) in [5.74, 6) is 0.600. The molecule has 0 radical (unpaired) electrons. The predicted octanol–water partition coefficient (Wildman–Crippen LogP) is 4.21. The second-order valence-electron chi connectivity index (χ2n) is 7.41. The molecular formula is C22H21ClN6OS. The minimum Gasteiger partial charge on any atom is -0.337 e. The SMILES string of the molecule is Cc1cn2c(-c3cccs3)cnc2c(Nc2ccc(C(=O)N3CCNCC3)c(Cl)c2)n1. The maximum Gasteiger partial charge on any atom is 0.255 e. The van der Waals surface area contributed by atoms with E-state index in [9.17, 15) is 4.79 Å².